The molecular formula is C20H14ClFN2O2. The van der Waals surface area contributed by atoms with Gasteiger partial charge in [0.05, 0.1) is 11.9 Å². The van der Waals surface area contributed by atoms with Crippen molar-refractivity contribution in [1.82, 2.24) is 4.98 Å². The van der Waals surface area contributed by atoms with Crippen molar-refractivity contribution in [2.24, 2.45) is 0 Å². The summed E-state index contributed by atoms with van der Waals surface area (Å²) in [7, 11) is 0. The van der Waals surface area contributed by atoms with Gasteiger partial charge < -0.3 is 9.64 Å². The minimum atomic E-state index is -0.740. The lowest BCUT2D eigenvalue weighted by atomic mass is 9.81. The van der Waals surface area contributed by atoms with E-state index in [1.807, 2.05) is 6.07 Å². The number of anilines is 1. The maximum Gasteiger partial charge on any atom is 0.241 e. The van der Waals surface area contributed by atoms with E-state index in [2.05, 4.69) is 4.98 Å². The molecule has 2 aromatic carbocycles. The fourth-order valence-electron chi connectivity index (χ4n) is 4.00. The quantitative estimate of drug-likeness (QED) is 0.649. The van der Waals surface area contributed by atoms with Gasteiger partial charge in [-0.05, 0) is 42.8 Å². The van der Waals surface area contributed by atoms with Crippen molar-refractivity contribution in [1.29, 1.82) is 0 Å². The van der Waals surface area contributed by atoms with E-state index in [-0.39, 0.29) is 11.7 Å². The number of hydrogen-bond acceptors (Lipinski definition) is 3. The van der Waals surface area contributed by atoms with Crippen LogP contribution in [0.15, 0.2) is 48.8 Å². The van der Waals surface area contributed by atoms with Crippen LogP contribution >= 0.6 is 11.6 Å². The fraction of sp³-hybridized carbons (Fsp3) is 0.200. The first-order valence-corrected chi connectivity index (χ1v) is 8.74. The molecule has 1 amide bonds. The molecule has 4 nitrogen and oxygen atoms in total. The molecule has 5 rings (SSSR count). The van der Waals surface area contributed by atoms with Crippen LogP contribution in [-0.4, -0.2) is 24.0 Å². The van der Waals surface area contributed by atoms with E-state index in [0.717, 1.165) is 10.9 Å². The van der Waals surface area contributed by atoms with Crippen molar-refractivity contribution >= 4 is 34.0 Å². The van der Waals surface area contributed by atoms with Crippen LogP contribution in [0.1, 0.15) is 12.0 Å². The average Bonchev–Trinajstić information content (AvgIpc) is 3.17. The number of ether oxygens (including phenoxy) is 1. The van der Waals surface area contributed by atoms with E-state index in [9.17, 15) is 9.18 Å². The van der Waals surface area contributed by atoms with Gasteiger partial charge in [-0.25, -0.2) is 4.39 Å². The van der Waals surface area contributed by atoms with Gasteiger partial charge in [-0.3, -0.25) is 9.78 Å². The average molecular weight is 369 g/mol. The Kier molecular flexibility index (Phi) is 3.25. The Bertz CT molecular complexity index is 1070. The van der Waals surface area contributed by atoms with Gasteiger partial charge in [-0.1, -0.05) is 11.6 Å². The van der Waals surface area contributed by atoms with Gasteiger partial charge in [-0.2, -0.15) is 0 Å². The number of aromatic nitrogens is 1. The lowest BCUT2D eigenvalue weighted by molar-refractivity contribution is -0.122. The lowest BCUT2D eigenvalue weighted by Crippen LogP contribution is -2.39. The van der Waals surface area contributed by atoms with Crippen LogP contribution in [0.25, 0.3) is 10.8 Å². The molecule has 0 radical (unpaired) electrons. The standard InChI is InChI=1S/C20H14ClFN2O2/c21-13-2-4-18-16(7-13)20(11-26-18)5-6-24(19(20)25)17-10-23-9-12-1-3-14(22)8-15(12)17/h1-4,7-10H,5-6,11H2. The van der Waals surface area contributed by atoms with Gasteiger partial charge in [0.15, 0.2) is 0 Å². The summed E-state index contributed by atoms with van der Waals surface area (Å²) in [5, 5.41) is 2.05. The Labute approximate surface area is 154 Å². The highest BCUT2D eigenvalue weighted by Crippen LogP contribution is 2.48. The summed E-state index contributed by atoms with van der Waals surface area (Å²) in [5.74, 6) is 0.302. The maximum absolute atomic E-state index is 13.8. The van der Waals surface area contributed by atoms with Crippen LogP contribution in [0.3, 0.4) is 0 Å². The number of hydrogen-bond donors (Lipinski definition) is 0. The molecule has 1 aromatic heterocycles. The first-order chi connectivity index (χ1) is 12.6. The molecule has 0 bridgehead atoms. The van der Waals surface area contributed by atoms with Crippen molar-refractivity contribution in [2.45, 2.75) is 11.8 Å². The van der Waals surface area contributed by atoms with Crippen molar-refractivity contribution < 1.29 is 13.9 Å². The number of carbonyl (C=O) groups is 1. The summed E-state index contributed by atoms with van der Waals surface area (Å²) in [6.45, 7) is 0.815. The highest BCUT2D eigenvalue weighted by Gasteiger charge is 2.53. The number of pyridine rings is 1. The summed E-state index contributed by atoms with van der Waals surface area (Å²) in [6.07, 6.45) is 3.90. The maximum atomic E-state index is 13.8. The highest BCUT2D eigenvalue weighted by molar-refractivity contribution is 6.30. The van der Waals surface area contributed by atoms with Gasteiger partial charge in [0.2, 0.25) is 5.91 Å². The first kappa shape index (κ1) is 15.6. The molecule has 3 heterocycles. The van der Waals surface area contributed by atoms with E-state index >= 15 is 0 Å². The van der Waals surface area contributed by atoms with E-state index in [1.54, 1.807) is 35.5 Å². The molecule has 2 aliphatic rings. The molecular weight excluding hydrogens is 355 g/mol. The Hall–Kier alpha value is -2.66. The third-order valence-electron chi connectivity index (χ3n) is 5.34. The molecule has 0 saturated carbocycles. The summed E-state index contributed by atoms with van der Waals surface area (Å²) in [4.78, 5) is 19.3. The van der Waals surface area contributed by atoms with Gasteiger partial charge in [0.1, 0.15) is 23.6 Å². The lowest BCUT2D eigenvalue weighted by Gasteiger charge is -2.23. The Morgan fingerprint density at radius 3 is 2.96 bits per heavy atom. The van der Waals surface area contributed by atoms with E-state index in [4.69, 9.17) is 16.3 Å². The highest BCUT2D eigenvalue weighted by atomic mass is 35.5. The van der Waals surface area contributed by atoms with Crippen LogP contribution in [-0.2, 0) is 10.2 Å². The zero-order chi connectivity index (χ0) is 17.9. The molecule has 0 N–H and O–H groups in total. The first-order valence-electron chi connectivity index (χ1n) is 8.37. The predicted octanol–water partition coefficient (Wildman–Crippen LogP) is 4.09. The Morgan fingerprint density at radius 2 is 2.08 bits per heavy atom. The van der Waals surface area contributed by atoms with Crippen LogP contribution in [0.4, 0.5) is 10.1 Å². The minimum absolute atomic E-state index is 0.0583. The molecule has 1 fully saturated rings. The van der Waals surface area contributed by atoms with Crippen LogP contribution in [0, 0.1) is 5.82 Å². The number of rotatable bonds is 1. The Balaban J connectivity index is 1.62. The van der Waals surface area contributed by atoms with Crippen molar-refractivity contribution in [3.05, 3.63) is 65.2 Å². The summed E-state index contributed by atoms with van der Waals surface area (Å²) < 4.78 is 19.5. The molecule has 1 unspecified atom stereocenters. The van der Waals surface area contributed by atoms with Crippen molar-refractivity contribution in [3.8, 4) is 5.75 Å². The third-order valence-corrected chi connectivity index (χ3v) is 5.58. The van der Waals surface area contributed by atoms with Crippen LogP contribution in [0.2, 0.25) is 5.02 Å². The third kappa shape index (κ3) is 2.07. The van der Waals surface area contributed by atoms with Crippen molar-refractivity contribution in [2.75, 3.05) is 18.1 Å². The van der Waals surface area contributed by atoms with E-state index in [1.165, 1.54) is 12.1 Å². The molecule has 130 valence electrons. The SMILES string of the molecule is O=C1N(c2cncc3ccc(F)cc23)CCC12COc1ccc(Cl)cc12. The second-order valence-corrected chi connectivity index (χ2v) is 7.18. The number of nitrogens with zero attached hydrogens (tertiary/aromatic N) is 2. The van der Waals surface area contributed by atoms with Gasteiger partial charge >= 0.3 is 0 Å². The Morgan fingerprint density at radius 1 is 1.19 bits per heavy atom. The van der Waals surface area contributed by atoms with E-state index in [0.29, 0.717) is 41.4 Å². The largest absolute Gasteiger partial charge is 0.492 e. The molecule has 26 heavy (non-hydrogen) atoms. The molecule has 0 aliphatic carbocycles. The van der Waals surface area contributed by atoms with Gasteiger partial charge in [0, 0.05) is 34.1 Å². The number of fused-ring (bicyclic) bond motifs is 3. The summed E-state index contributed by atoms with van der Waals surface area (Å²) >= 11 is 6.15. The molecule has 1 spiro atoms. The number of carbonyl (C=O) groups excluding carboxylic acids is 1. The normalized spacial score (nSPS) is 21.5. The molecule has 3 aromatic rings. The van der Waals surface area contributed by atoms with E-state index < -0.39 is 5.41 Å². The predicted molar refractivity (Wildman–Crippen MR) is 97.3 cm³/mol. The zero-order valence-corrected chi connectivity index (χ0v) is 14.5. The fourth-order valence-corrected chi connectivity index (χ4v) is 4.17. The smallest absolute Gasteiger partial charge is 0.241 e. The summed E-state index contributed by atoms with van der Waals surface area (Å²) in [5.41, 5.74) is 0.714. The second-order valence-electron chi connectivity index (χ2n) is 6.74. The molecule has 1 saturated heterocycles. The molecule has 1 atom stereocenters. The second kappa shape index (κ2) is 5.42. The van der Waals surface area contributed by atoms with Crippen LogP contribution in [0.5, 0.6) is 5.75 Å². The van der Waals surface area contributed by atoms with Gasteiger partial charge in [-0.15, -0.1) is 0 Å². The zero-order valence-electron chi connectivity index (χ0n) is 13.7. The topological polar surface area (TPSA) is 42.4 Å². The van der Waals surface area contributed by atoms with Gasteiger partial charge in [0.25, 0.3) is 0 Å². The minimum Gasteiger partial charge on any atom is -0.492 e. The van der Waals surface area contributed by atoms with Crippen LogP contribution < -0.4 is 9.64 Å². The number of halogens is 2. The number of benzene rings is 2. The number of amides is 1. The van der Waals surface area contributed by atoms with Crippen molar-refractivity contribution in [3.63, 3.8) is 0 Å². The molecule has 2 aliphatic heterocycles. The monoisotopic (exact) mass is 368 g/mol. The summed E-state index contributed by atoms with van der Waals surface area (Å²) in [6, 6.07) is 9.88. The molecule has 6 heteroatoms.